The largest absolute Gasteiger partial charge is 0.375 e. The summed E-state index contributed by atoms with van der Waals surface area (Å²) in [6.45, 7) is 3.29. The van der Waals surface area contributed by atoms with Crippen LogP contribution in [0.2, 0.25) is 5.02 Å². The van der Waals surface area contributed by atoms with Crippen LogP contribution in [-0.2, 0) is 16.1 Å². The summed E-state index contributed by atoms with van der Waals surface area (Å²) in [6, 6.07) is 6.66. The fraction of sp³-hybridized carbons (Fsp3) is 0.400. The summed E-state index contributed by atoms with van der Waals surface area (Å²) < 4.78 is 10.8. The van der Waals surface area contributed by atoms with Crippen LogP contribution in [-0.4, -0.2) is 46.2 Å². The summed E-state index contributed by atoms with van der Waals surface area (Å²) in [4.78, 5) is 17.9. The van der Waals surface area contributed by atoms with E-state index in [0.717, 1.165) is 5.56 Å². The van der Waals surface area contributed by atoms with E-state index in [2.05, 4.69) is 10.1 Å². The number of nitrogens with zero attached hydrogens (tertiary/aromatic N) is 3. The van der Waals surface area contributed by atoms with Crippen LogP contribution < -0.4 is 5.73 Å². The van der Waals surface area contributed by atoms with Gasteiger partial charge < -0.3 is 15.0 Å². The maximum Gasteiger partial charge on any atom is 0.241 e. The van der Waals surface area contributed by atoms with Crippen molar-refractivity contribution >= 4 is 17.5 Å². The van der Waals surface area contributed by atoms with Gasteiger partial charge in [0, 0.05) is 17.1 Å². The van der Waals surface area contributed by atoms with Crippen LogP contribution in [0.3, 0.4) is 0 Å². The molecule has 0 saturated carbocycles. The van der Waals surface area contributed by atoms with Crippen molar-refractivity contribution in [1.82, 2.24) is 15.0 Å². The molecule has 23 heavy (non-hydrogen) atoms. The number of aromatic nitrogens is 2. The number of ether oxygens (including phenoxy) is 1. The predicted molar refractivity (Wildman–Crippen MR) is 83.6 cm³/mol. The third-order valence-corrected chi connectivity index (χ3v) is 4.05. The van der Waals surface area contributed by atoms with Crippen molar-refractivity contribution in [2.75, 3.05) is 13.2 Å². The van der Waals surface area contributed by atoms with Crippen molar-refractivity contribution in [3.05, 3.63) is 35.2 Å². The van der Waals surface area contributed by atoms with E-state index in [4.69, 9.17) is 26.6 Å². The molecule has 2 N–H and O–H groups in total. The van der Waals surface area contributed by atoms with Gasteiger partial charge in [0.2, 0.25) is 17.6 Å². The normalized spacial score (nSPS) is 22.2. The van der Waals surface area contributed by atoms with Gasteiger partial charge in [0.05, 0.1) is 19.3 Å². The van der Waals surface area contributed by atoms with Gasteiger partial charge in [0.1, 0.15) is 6.04 Å². The second-order valence-corrected chi connectivity index (χ2v) is 5.85. The van der Waals surface area contributed by atoms with E-state index in [0.29, 0.717) is 36.4 Å². The van der Waals surface area contributed by atoms with Crippen molar-refractivity contribution < 1.29 is 14.1 Å². The van der Waals surface area contributed by atoms with E-state index in [9.17, 15) is 4.79 Å². The van der Waals surface area contributed by atoms with Crippen molar-refractivity contribution in [1.29, 1.82) is 0 Å². The number of halogens is 1. The smallest absolute Gasteiger partial charge is 0.241 e. The quantitative estimate of drug-likeness (QED) is 0.908. The third-order valence-electron chi connectivity index (χ3n) is 3.80. The van der Waals surface area contributed by atoms with Gasteiger partial charge in [-0.3, -0.25) is 9.69 Å². The Hall–Kier alpha value is -1.96. The number of morpholine rings is 1. The Balaban J connectivity index is 1.75. The Morgan fingerprint density at radius 1 is 1.43 bits per heavy atom. The van der Waals surface area contributed by atoms with Gasteiger partial charge in [-0.2, -0.15) is 4.98 Å². The molecule has 1 saturated heterocycles. The first kappa shape index (κ1) is 15.9. The molecule has 122 valence electrons. The SMILES string of the molecule is C[C@H]1OCCN(Cc2nc(-c3ccc(Cl)cc3)no2)[C@@H]1C(N)=O. The van der Waals surface area contributed by atoms with Crippen LogP contribution in [0.1, 0.15) is 12.8 Å². The van der Waals surface area contributed by atoms with Gasteiger partial charge in [0.15, 0.2) is 0 Å². The van der Waals surface area contributed by atoms with Crippen molar-refractivity contribution in [3.63, 3.8) is 0 Å². The summed E-state index contributed by atoms with van der Waals surface area (Å²) in [5.74, 6) is 0.485. The number of nitrogens with two attached hydrogens (primary N) is 1. The van der Waals surface area contributed by atoms with Crippen molar-refractivity contribution in [3.8, 4) is 11.4 Å². The lowest BCUT2D eigenvalue weighted by atomic mass is 10.1. The molecule has 2 heterocycles. The molecular weight excluding hydrogens is 320 g/mol. The molecular formula is C15H17ClN4O3. The fourth-order valence-corrected chi connectivity index (χ4v) is 2.81. The van der Waals surface area contributed by atoms with Gasteiger partial charge in [0.25, 0.3) is 0 Å². The lowest BCUT2D eigenvalue weighted by molar-refractivity contribution is -0.136. The minimum absolute atomic E-state index is 0.264. The molecule has 1 aliphatic rings. The Morgan fingerprint density at radius 2 is 2.17 bits per heavy atom. The number of hydrogen-bond acceptors (Lipinski definition) is 6. The van der Waals surface area contributed by atoms with Crippen LogP contribution in [0.25, 0.3) is 11.4 Å². The molecule has 8 heteroatoms. The molecule has 0 spiro atoms. The molecule has 2 atom stereocenters. The molecule has 0 radical (unpaired) electrons. The van der Waals surface area contributed by atoms with Gasteiger partial charge in [-0.1, -0.05) is 16.8 Å². The van der Waals surface area contributed by atoms with Crippen LogP contribution in [0.15, 0.2) is 28.8 Å². The number of benzene rings is 1. The summed E-state index contributed by atoms with van der Waals surface area (Å²) in [5.41, 5.74) is 6.28. The highest BCUT2D eigenvalue weighted by Crippen LogP contribution is 2.21. The zero-order valence-electron chi connectivity index (χ0n) is 12.6. The number of hydrogen-bond donors (Lipinski definition) is 1. The standard InChI is InChI=1S/C15H17ClN4O3/c1-9-13(14(17)21)20(6-7-22-9)8-12-18-15(19-23-12)10-2-4-11(16)5-3-10/h2-5,9,13H,6-8H2,1H3,(H2,17,21)/t9-,13+/m1/s1. The first-order valence-corrected chi connectivity index (χ1v) is 7.66. The highest BCUT2D eigenvalue weighted by molar-refractivity contribution is 6.30. The molecule has 1 amide bonds. The van der Waals surface area contributed by atoms with Crippen molar-refractivity contribution in [2.24, 2.45) is 5.73 Å². The molecule has 1 aromatic carbocycles. The molecule has 2 aromatic rings. The fourth-order valence-electron chi connectivity index (χ4n) is 2.68. The molecule has 1 fully saturated rings. The van der Waals surface area contributed by atoms with E-state index in [1.165, 1.54) is 0 Å². The van der Waals surface area contributed by atoms with E-state index < -0.39 is 11.9 Å². The van der Waals surface area contributed by atoms with Gasteiger partial charge in [-0.15, -0.1) is 0 Å². The van der Waals surface area contributed by atoms with Crippen LogP contribution >= 0.6 is 11.6 Å². The first-order chi connectivity index (χ1) is 11.0. The summed E-state index contributed by atoms with van der Waals surface area (Å²) in [6.07, 6.45) is -0.264. The number of amides is 1. The Bertz CT molecular complexity index is 688. The van der Waals surface area contributed by atoms with Crippen LogP contribution in [0.4, 0.5) is 0 Å². The molecule has 0 aliphatic carbocycles. The number of rotatable bonds is 4. The summed E-state index contributed by atoms with van der Waals surface area (Å²) in [5, 5.41) is 4.61. The number of carbonyl (C=O) groups is 1. The second-order valence-electron chi connectivity index (χ2n) is 5.41. The van der Waals surface area contributed by atoms with Gasteiger partial charge >= 0.3 is 0 Å². The topological polar surface area (TPSA) is 94.5 Å². The maximum atomic E-state index is 11.6. The zero-order chi connectivity index (χ0) is 16.4. The Labute approximate surface area is 138 Å². The molecule has 7 nitrogen and oxygen atoms in total. The number of primary amides is 1. The second kappa shape index (κ2) is 6.66. The molecule has 0 unspecified atom stereocenters. The van der Waals surface area contributed by atoms with E-state index in [-0.39, 0.29) is 6.10 Å². The minimum Gasteiger partial charge on any atom is -0.375 e. The zero-order valence-corrected chi connectivity index (χ0v) is 13.4. The molecule has 1 aromatic heterocycles. The van der Waals surface area contributed by atoms with Crippen LogP contribution in [0.5, 0.6) is 0 Å². The molecule has 3 rings (SSSR count). The Morgan fingerprint density at radius 3 is 2.87 bits per heavy atom. The monoisotopic (exact) mass is 336 g/mol. The van der Waals surface area contributed by atoms with Gasteiger partial charge in [-0.25, -0.2) is 0 Å². The first-order valence-electron chi connectivity index (χ1n) is 7.28. The van der Waals surface area contributed by atoms with Gasteiger partial charge in [-0.05, 0) is 31.2 Å². The highest BCUT2D eigenvalue weighted by atomic mass is 35.5. The summed E-state index contributed by atoms with van der Waals surface area (Å²) >= 11 is 5.87. The average molecular weight is 337 g/mol. The lowest BCUT2D eigenvalue weighted by Gasteiger charge is -2.36. The third kappa shape index (κ3) is 3.52. The van der Waals surface area contributed by atoms with E-state index >= 15 is 0 Å². The van der Waals surface area contributed by atoms with E-state index in [1.807, 2.05) is 24.0 Å². The van der Waals surface area contributed by atoms with E-state index in [1.54, 1.807) is 12.1 Å². The molecule has 1 aliphatic heterocycles. The Kier molecular flexibility index (Phi) is 4.61. The maximum absolute atomic E-state index is 11.6. The predicted octanol–water partition coefficient (Wildman–Crippen LogP) is 1.46. The van der Waals surface area contributed by atoms with Crippen LogP contribution in [0, 0.1) is 0 Å². The minimum atomic E-state index is -0.505. The lowest BCUT2D eigenvalue weighted by Crippen LogP contribution is -2.56. The average Bonchev–Trinajstić information content (AvgIpc) is 2.96. The van der Waals surface area contributed by atoms with Crippen molar-refractivity contribution in [2.45, 2.75) is 25.6 Å². The molecule has 0 bridgehead atoms. The highest BCUT2D eigenvalue weighted by Gasteiger charge is 2.34. The summed E-state index contributed by atoms with van der Waals surface area (Å²) in [7, 11) is 0. The number of carbonyl (C=O) groups excluding carboxylic acids is 1.